The van der Waals surface area contributed by atoms with E-state index in [9.17, 15) is 48.3 Å². The predicted octanol–water partition coefficient (Wildman–Crippen LogP) is 4.52. The highest BCUT2D eigenvalue weighted by atomic mass is 32.2. The summed E-state index contributed by atoms with van der Waals surface area (Å²) in [5.74, 6) is -3.32. The summed E-state index contributed by atoms with van der Waals surface area (Å²) in [4.78, 5) is 22.5. The number of alkyl halides is 7. The van der Waals surface area contributed by atoms with Crippen LogP contribution in [0.25, 0.3) is 11.3 Å². The minimum absolute atomic E-state index is 0.152. The number of carbonyl (C=O) groups excluding carboxylic acids is 1. The van der Waals surface area contributed by atoms with E-state index in [1.807, 2.05) is 0 Å². The van der Waals surface area contributed by atoms with Gasteiger partial charge in [-0.1, -0.05) is 0 Å². The highest BCUT2D eigenvalue weighted by Crippen LogP contribution is 2.35. The molecular formula is C24H19F8N5O3S. The lowest BCUT2D eigenvalue weighted by Gasteiger charge is -2.27. The highest BCUT2D eigenvalue weighted by molar-refractivity contribution is 7.89. The van der Waals surface area contributed by atoms with Crippen LogP contribution in [0.5, 0.6) is 0 Å². The first-order valence-corrected chi connectivity index (χ1v) is 13.1. The van der Waals surface area contributed by atoms with Crippen molar-refractivity contribution in [2.45, 2.75) is 55.4 Å². The van der Waals surface area contributed by atoms with Gasteiger partial charge in [-0.05, 0) is 42.8 Å². The minimum Gasteiger partial charge on any atom is -0.351 e. The molecule has 2 aromatic heterocycles. The molecule has 220 valence electrons. The van der Waals surface area contributed by atoms with Crippen molar-refractivity contribution in [3.8, 4) is 11.3 Å². The van der Waals surface area contributed by atoms with Crippen LogP contribution in [-0.2, 0) is 33.7 Å². The number of carbonyl (C=O) groups is 1. The van der Waals surface area contributed by atoms with Crippen molar-refractivity contribution in [3.05, 3.63) is 71.7 Å². The van der Waals surface area contributed by atoms with E-state index in [1.54, 1.807) is 0 Å². The quantitative estimate of drug-likeness (QED) is 0.413. The lowest BCUT2D eigenvalue weighted by molar-refractivity contribution is -0.145. The van der Waals surface area contributed by atoms with Crippen molar-refractivity contribution in [3.63, 3.8) is 0 Å². The van der Waals surface area contributed by atoms with Crippen LogP contribution in [-0.4, -0.2) is 51.8 Å². The number of sulfonamides is 1. The van der Waals surface area contributed by atoms with E-state index in [1.165, 1.54) is 6.92 Å². The molecule has 1 saturated heterocycles. The second kappa shape index (κ2) is 10.9. The van der Waals surface area contributed by atoms with Gasteiger partial charge >= 0.3 is 12.4 Å². The fraction of sp³-hybridized carbons (Fsp3) is 0.333. The number of nitrogens with zero attached hydrogens (tertiary/aromatic N) is 4. The van der Waals surface area contributed by atoms with Gasteiger partial charge in [0, 0.05) is 37.1 Å². The molecule has 1 aromatic carbocycles. The number of hydrogen-bond acceptors (Lipinski definition) is 6. The fourth-order valence-corrected chi connectivity index (χ4v) is 6.07. The van der Waals surface area contributed by atoms with E-state index in [-0.39, 0.29) is 11.3 Å². The molecule has 4 rings (SSSR count). The van der Waals surface area contributed by atoms with Crippen molar-refractivity contribution in [2.24, 2.45) is 0 Å². The molecule has 1 amide bonds. The molecule has 1 aliphatic heterocycles. The Bertz CT molecular complexity index is 1530. The summed E-state index contributed by atoms with van der Waals surface area (Å²) >= 11 is 0. The molecular weight excluding hydrogens is 590 g/mol. The Morgan fingerprint density at radius 2 is 1.61 bits per heavy atom. The molecule has 1 fully saturated rings. The van der Waals surface area contributed by atoms with E-state index in [4.69, 9.17) is 0 Å². The van der Waals surface area contributed by atoms with Crippen LogP contribution in [0.4, 0.5) is 35.1 Å². The normalized spacial score (nSPS) is 20.3. The van der Waals surface area contributed by atoms with Crippen molar-refractivity contribution in [1.29, 1.82) is 0 Å². The van der Waals surface area contributed by atoms with Gasteiger partial charge in [-0.15, -0.1) is 0 Å². The molecule has 3 aromatic rings. The molecule has 3 atom stereocenters. The van der Waals surface area contributed by atoms with Crippen molar-refractivity contribution >= 4 is 15.9 Å². The summed E-state index contributed by atoms with van der Waals surface area (Å²) in [5.41, 5.74) is -2.24. The Kier molecular flexibility index (Phi) is 8.05. The van der Waals surface area contributed by atoms with Gasteiger partial charge in [-0.2, -0.15) is 30.6 Å². The maximum atomic E-state index is 14.6. The molecule has 1 aliphatic rings. The Morgan fingerprint density at radius 3 is 2.17 bits per heavy atom. The Balaban J connectivity index is 1.61. The topological polar surface area (TPSA) is 105 Å². The number of hydrogen-bond donors (Lipinski definition) is 1. The van der Waals surface area contributed by atoms with Gasteiger partial charge < -0.3 is 5.32 Å². The average Bonchev–Trinajstić information content (AvgIpc) is 3.21. The fourth-order valence-electron chi connectivity index (χ4n) is 4.26. The molecule has 0 spiro atoms. The van der Waals surface area contributed by atoms with Gasteiger partial charge in [-0.3, -0.25) is 9.78 Å². The molecule has 17 heteroatoms. The Morgan fingerprint density at radius 1 is 1.00 bits per heavy atom. The Hall–Kier alpha value is -3.73. The molecule has 1 N–H and O–H groups in total. The standard InChI is InChI=1S/C24H19F8N5O3S/c1-12-18(26)7-20(37(12)41(39,40)16-4-2-15(25)3-5-16)21(38)34-8-13-6-19(33-11-17(13)23(27,28)29)14-9-35-22(36-10-14)24(30,31)32/h2-6,9-12,18,20H,7-8H2,1H3,(H,34,38). The van der Waals surface area contributed by atoms with Crippen LogP contribution in [0.15, 0.2) is 53.8 Å². The lowest BCUT2D eigenvalue weighted by atomic mass is 10.1. The first kappa shape index (κ1) is 30.2. The van der Waals surface area contributed by atoms with Crippen LogP contribution in [0.3, 0.4) is 0 Å². The van der Waals surface area contributed by atoms with Gasteiger partial charge in [-0.25, -0.2) is 27.2 Å². The zero-order valence-electron chi connectivity index (χ0n) is 20.7. The number of rotatable bonds is 6. The van der Waals surface area contributed by atoms with Crippen LogP contribution in [0, 0.1) is 5.82 Å². The summed E-state index contributed by atoms with van der Waals surface area (Å²) in [7, 11) is -4.52. The monoisotopic (exact) mass is 609 g/mol. The SMILES string of the molecule is CC1C(F)CC(C(=O)NCc2cc(-c3cnc(C(F)(F)F)nc3)ncc2C(F)(F)F)N1S(=O)(=O)c1ccc(F)cc1. The number of amides is 1. The molecule has 41 heavy (non-hydrogen) atoms. The second-order valence-electron chi connectivity index (χ2n) is 9.03. The minimum atomic E-state index is -4.95. The molecule has 0 radical (unpaired) electrons. The molecule has 0 bridgehead atoms. The van der Waals surface area contributed by atoms with E-state index >= 15 is 0 Å². The Labute approximate surface area is 227 Å². The van der Waals surface area contributed by atoms with Crippen LogP contribution in [0.2, 0.25) is 0 Å². The summed E-state index contributed by atoms with van der Waals surface area (Å²) in [6.45, 7) is 0.388. The third-order valence-electron chi connectivity index (χ3n) is 6.32. The molecule has 0 saturated carbocycles. The maximum absolute atomic E-state index is 14.6. The second-order valence-corrected chi connectivity index (χ2v) is 10.9. The van der Waals surface area contributed by atoms with Crippen LogP contribution >= 0.6 is 0 Å². The van der Waals surface area contributed by atoms with Gasteiger partial charge in [0.2, 0.25) is 21.8 Å². The number of halogens is 8. The number of pyridine rings is 1. The molecule has 8 nitrogen and oxygen atoms in total. The van der Waals surface area contributed by atoms with Gasteiger partial charge in [0.05, 0.1) is 22.2 Å². The van der Waals surface area contributed by atoms with Gasteiger partial charge in [0.1, 0.15) is 18.0 Å². The average molecular weight is 609 g/mol. The van der Waals surface area contributed by atoms with E-state index in [0.717, 1.165) is 30.3 Å². The molecule has 3 unspecified atom stereocenters. The predicted molar refractivity (Wildman–Crippen MR) is 125 cm³/mol. The van der Waals surface area contributed by atoms with E-state index in [2.05, 4.69) is 20.3 Å². The first-order valence-electron chi connectivity index (χ1n) is 11.7. The summed E-state index contributed by atoms with van der Waals surface area (Å²) in [5, 5.41) is 2.19. The largest absolute Gasteiger partial charge is 0.451 e. The first-order chi connectivity index (χ1) is 19.0. The van der Waals surface area contributed by atoms with Crippen LogP contribution < -0.4 is 5.32 Å². The zero-order chi connectivity index (χ0) is 30.3. The maximum Gasteiger partial charge on any atom is 0.451 e. The van der Waals surface area contributed by atoms with Crippen molar-refractivity contribution in [1.82, 2.24) is 24.6 Å². The van der Waals surface area contributed by atoms with Crippen molar-refractivity contribution < 1.29 is 48.3 Å². The number of nitrogens with one attached hydrogen (secondary N) is 1. The summed E-state index contributed by atoms with van der Waals surface area (Å²) in [6.07, 6.45) is -10.3. The van der Waals surface area contributed by atoms with Crippen molar-refractivity contribution in [2.75, 3.05) is 0 Å². The van der Waals surface area contributed by atoms with Gasteiger partial charge in [0.25, 0.3) is 0 Å². The summed E-state index contributed by atoms with van der Waals surface area (Å²) < 4.78 is 134. The lowest BCUT2D eigenvalue weighted by Crippen LogP contribution is -2.48. The van der Waals surface area contributed by atoms with E-state index in [0.29, 0.717) is 22.9 Å². The molecule has 0 aliphatic carbocycles. The number of aromatic nitrogens is 3. The summed E-state index contributed by atoms with van der Waals surface area (Å²) in [6, 6.07) is 1.46. The molecule has 3 heterocycles. The third-order valence-corrected chi connectivity index (χ3v) is 8.33. The van der Waals surface area contributed by atoms with Crippen LogP contribution in [0.1, 0.15) is 30.3 Å². The smallest absolute Gasteiger partial charge is 0.351 e. The van der Waals surface area contributed by atoms with E-state index < -0.39 is 87.2 Å². The van der Waals surface area contributed by atoms with Gasteiger partial charge in [0.15, 0.2) is 0 Å². The number of benzene rings is 1. The highest BCUT2D eigenvalue weighted by Gasteiger charge is 2.49. The third kappa shape index (κ3) is 6.29. The zero-order valence-corrected chi connectivity index (χ0v) is 21.5.